The van der Waals surface area contributed by atoms with Crippen LogP contribution in [0.4, 0.5) is 0 Å². The Morgan fingerprint density at radius 3 is 2.71 bits per heavy atom. The molecule has 0 aliphatic rings. The summed E-state index contributed by atoms with van der Waals surface area (Å²) in [6, 6.07) is 7.69. The summed E-state index contributed by atoms with van der Waals surface area (Å²) in [5, 5.41) is 9.10. The zero-order chi connectivity index (χ0) is 10.6. The summed E-state index contributed by atoms with van der Waals surface area (Å²) in [5.41, 5.74) is 1.96. The van der Waals surface area contributed by atoms with Crippen LogP contribution in [0.2, 0.25) is 0 Å². The lowest BCUT2D eigenvalue weighted by atomic mass is 10.1. The van der Waals surface area contributed by atoms with E-state index in [1.54, 1.807) is 6.92 Å². The van der Waals surface area contributed by atoms with E-state index in [0.717, 1.165) is 16.9 Å². The molecule has 1 rings (SSSR count). The molecule has 0 saturated carbocycles. The summed E-state index contributed by atoms with van der Waals surface area (Å²) in [6.07, 6.45) is -0.451. The van der Waals surface area contributed by atoms with Crippen LogP contribution in [0.5, 0.6) is 5.75 Å². The largest absolute Gasteiger partial charge is 0.490 e. The van der Waals surface area contributed by atoms with Crippen molar-refractivity contribution >= 4 is 5.57 Å². The third-order valence-electron chi connectivity index (χ3n) is 1.83. The molecule has 0 amide bonds. The van der Waals surface area contributed by atoms with Crippen LogP contribution in [0, 0.1) is 0 Å². The maximum Gasteiger partial charge on any atom is 0.126 e. The SMILES string of the molecule is C=C(C)c1ccccc1OCC(C)O. The first kappa shape index (κ1) is 10.8. The Labute approximate surface area is 84.8 Å². The summed E-state index contributed by atoms with van der Waals surface area (Å²) in [7, 11) is 0. The molecule has 1 atom stereocenters. The first-order chi connectivity index (χ1) is 6.61. The van der Waals surface area contributed by atoms with Gasteiger partial charge in [-0.2, -0.15) is 0 Å². The summed E-state index contributed by atoms with van der Waals surface area (Å²) in [4.78, 5) is 0. The van der Waals surface area contributed by atoms with Gasteiger partial charge in [-0.05, 0) is 25.5 Å². The minimum Gasteiger partial charge on any atom is -0.490 e. The van der Waals surface area contributed by atoms with Crippen LogP contribution in [0.3, 0.4) is 0 Å². The molecule has 14 heavy (non-hydrogen) atoms. The predicted molar refractivity (Wildman–Crippen MR) is 58.3 cm³/mol. The van der Waals surface area contributed by atoms with Crippen molar-refractivity contribution in [3.8, 4) is 5.75 Å². The van der Waals surface area contributed by atoms with Gasteiger partial charge in [0.2, 0.25) is 0 Å². The molecular formula is C12H16O2. The molecule has 0 aliphatic carbocycles. The Balaban J connectivity index is 2.79. The zero-order valence-electron chi connectivity index (χ0n) is 8.66. The highest BCUT2D eigenvalue weighted by molar-refractivity contribution is 5.66. The van der Waals surface area contributed by atoms with Crippen LogP contribution >= 0.6 is 0 Å². The predicted octanol–water partition coefficient (Wildman–Crippen LogP) is 2.48. The second-order valence-electron chi connectivity index (χ2n) is 3.44. The molecule has 0 fully saturated rings. The van der Waals surface area contributed by atoms with Crippen molar-refractivity contribution < 1.29 is 9.84 Å². The van der Waals surface area contributed by atoms with Crippen LogP contribution in [0.15, 0.2) is 30.8 Å². The van der Waals surface area contributed by atoms with Crippen LogP contribution in [-0.4, -0.2) is 17.8 Å². The quantitative estimate of drug-likeness (QED) is 0.794. The van der Waals surface area contributed by atoms with E-state index >= 15 is 0 Å². The summed E-state index contributed by atoms with van der Waals surface area (Å²) >= 11 is 0. The fourth-order valence-electron chi connectivity index (χ4n) is 1.16. The van der Waals surface area contributed by atoms with E-state index in [9.17, 15) is 0 Å². The maximum absolute atomic E-state index is 9.10. The molecule has 2 heteroatoms. The smallest absolute Gasteiger partial charge is 0.126 e. The third-order valence-corrected chi connectivity index (χ3v) is 1.83. The number of ether oxygens (including phenoxy) is 1. The van der Waals surface area contributed by atoms with Gasteiger partial charge >= 0.3 is 0 Å². The van der Waals surface area contributed by atoms with E-state index in [1.165, 1.54) is 0 Å². The van der Waals surface area contributed by atoms with E-state index in [-0.39, 0.29) is 0 Å². The zero-order valence-corrected chi connectivity index (χ0v) is 8.66. The average Bonchev–Trinajstić information content (AvgIpc) is 2.15. The highest BCUT2D eigenvalue weighted by Gasteiger charge is 2.04. The van der Waals surface area contributed by atoms with Crippen LogP contribution < -0.4 is 4.74 Å². The van der Waals surface area contributed by atoms with Gasteiger partial charge in [0, 0.05) is 5.56 Å². The molecule has 1 unspecified atom stereocenters. The van der Waals surface area contributed by atoms with Crippen LogP contribution in [0.1, 0.15) is 19.4 Å². The Morgan fingerprint density at radius 1 is 1.50 bits per heavy atom. The highest BCUT2D eigenvalue weighted by Crippen LogP contribution is 2.24. The van der Waals surface area contributed by atoms with E-state index in [4.69, 9.17) is 9.84 Å². The van der Waals surface area contributed by atoms with Gasteiger partial charge in [0.15, 0.2) is 0 Å². The second kappa shape index (κ2) is 4.82. The molecule has 0 aliphatic heterocycles. The van der Waals surface area contributed by atoms with Crippen molar-refractivity contribution in [2.75, 3.05) is 6.61 Å². The van der Waals surface area contributed by atoms with E-state index in [0.29, 0.717) is 6.61 Å². The molecule has 0 saturated heterocycles. The Hall–Kier alpha value is -1.28. The molecule has 0 spiro atoms. The summed E-state index contributed by atoms with van der Waals surface area (Å²) < 4.78 is 5.45. The van der Waals surface area contributed by atoms with Crippen molar-refractivity contribution in [3.63, 3.8) is 0 Å². The Bertz CT molecular complexity index is 316. The third kappa shape index (κ3) is 2.89. The van der Waals surface area contributed by atoms with Crippen LogP contribution in [-0.2, 0) is 0 Å². The minimum atomic E-state index is -0.451. The fraction of sp³-hybridized carbons (Fsp3) is 0.333. The van der Waals surface area contributed by atoms with Crippen molar-refractivity contribution in [2.24, 2.45) is 0 Å². The number of para-hydroxylation sites is 1. The van der Waals surface area contributed by atoms with Crippen LogP contribution in [0.25, 0.3) is 5.57 Å². The molecule has 1 aromatic carbocycles. The van der Waals surface area contributed by atoms with Gasteiger partial charge in [0.05, 0.1) is 6.10 Å². The van der Waals surface area contributed by atoms with Gasteiger partial charge in [-0.1, -0.05) is 24.8 Å². The number of hydrogen-bond donors (Lipinski definition) is 1. The van der Waals surface area contributed by atoms with Gasteiger partial charge in [-0.3, -0.25) is 0 Å². The molecule has 0 heterocycles. The van der Waals surface area contributed by atoms with Crippen molar-refractivity contribution in [2.45, 2.75) is 20.0 Å². The second-order valence-corrected chi connectivity index (χ2v) is 3.44. The molecule has 2 nitrogen and oxygen atoms in total. The standard InChI is InChI=1S/C12H16O2/c1-9(2)11-6-4-5-7-12(11)14-8-10(3)13/h4-7,10,13H,1,8H2,2-3H3. The molecule has 1 aromatic rings. The highest BCUT2D eigenvalue weighted by atomic mass is 16.5. The molecule has 0 bridgehead atoms. The number of aliphatic hydroxyl groups excluding tert-OH is 1. The van der Waals surface area contributed by atoms with E-state index in [2.05, 4.69) is 6.58 Å². The maximum atomic E-state index is 9.10. The number of aliphatic hydroxyl groups is 1. The molecule has 0 aromatic heterocycles. The van der Waals surface area contributed by atoms with Gasteiger partial charge in [0.1, 0.15) is 12.4 Å². The van der Waals surface area contributed by atoms with Crippen molar-refractivity contribution in [1.29, 1.82) is 0 Å². The molecule has 1 N–H and O–H groups in total. The van der Waals surface area contributed by atoms with Crippen molar-refractivity contribution in [1.82, 2.24) is 0 Å². The van der Waals surface area contributed by atoms with E-state index < -0.39 is 6.10 Å². The number of benzene rings is 1. The van der Waals surface area contributed by atoms with E-state index in [1.807, 2.05) is 31.2 Å². The minimum absolute atomic E-state index is 0.310. The number of hydrogen-bond acceptors (Lipinski definition) is 2. The first-order valence-corrected chi connectivity index (χ1v) is 4.67. The fourth-order valence-corrected chi connectivity index (χ4v) is 1.16. The van der Waals surface area contributed by atoms with Gasteiger partial charge in [0.25, 0.3) is 0 Å². The van der Waals surface area contributed by atoms with Gasteiger partial charge < -0.3 is 9.84 Å². The van der Waals surface area contributed by atoms with Gasteiger partial charge in [-0.15, -0.1) is 0 Å². The van der Waals surface area contributed by atoms with Gasteiger partial charge in [-0.25, -0.2) is 0 Å². The average molecular weight is 192 g/mol. The Morgan fingerprint density at radius 2 is 2.14 bits per heavy atom. The van der Waals surface area contributed by atoms with Crippen molar-refractivity contribution in [3.05, 3.63) is 36.4 Å². The number of allylic oxidation sites excluding steroid dienone is 1. The lowest BCUT2D eigenvalue weighted by molar-refractivity contribution is 0.122. The lowest BCUT2D eigenvalue weighted by Gasteiger charge is -2.12. The number of rotatable bonds is 4. The Kier molecular flexibility index (Phi) is 3.72. The first-order valence-electron chi connectivity index (χ1n) is 4.67. The molecule has 0 radical (unpaired) electrons. The molecular weight excluding hydrogens is 176 g/mol. The monoisotopic (exact) mass is 192 g/mol. The summed E-state index contributed by atoms with van der Waals surface area (Å²) in [6.45, 7) is 7.81. The lowest BCUT2D eigenvalue weighted by Crippen LogP contribution is -2.13. The summed E-state index contributed by atoms with van der Waals surface area (Å²) in [5.74, 6) is 0.779. The normalized spacial score (nSPS) is 12.2. The topological polar surface area (TPSA) is 29.5 Å². The molecule has 76 valence electrons.